The fraction of sp³-hybridized carbons (Fsp3) is 0.412. The van der Waals surface area contributed by atoms with Crippen molar-refractivity contribution in [3.63, 3.8) is 0 Å². The Morgan fingerprint density at radius 3 is 2.56 bits per heavy atom. The Morgan fingerprint density at radius 1 is 1.20 bits per heavy atom. The molecule has 0 unspecified atom stereocenters. The first-order valence-electron chi connectivity index (χ1n) is 8.12. The number of nitrogens with zero attached hydrogens (tertiary/aromatic N) is 4. The van der Waals surface area contributed by atoms with Crippen molar-refractivity contribution in [2.45, 2.75) is 19.6 Å². The number of amides is 1. The van der Waals surface area contributed by atoms with E-state index in [9.17, 15) is 18.0 Å². The van der Waals surface area contributed by atoms with E-state index >= 15 is 0 Å². The van der Waals surface area contributed by atoms with E-state index in [1.54, 1.807) is 11.1 Å². The fourth-order valence-corrected chi connectivity index (χ4v) is 2.95. The van der Waals surface area contributed by atoms with E-state index in [-0.39, 0.29) is 11.5 Å². The molecule has 2 heterocycles. The lowest BCUT2D eigenvalue weighted by molar-refractivity contribution is -0.137. The lowest BCUT2D eigenvalue weighted by Crippen LogP contribution is -2.49. The zero-order valence-corrected chi connectivity index (χ0v) is 13.8. The molecule has 1 saturated heterocycles. The van der Waals surface area contributed by atoms with Gasteiger partial charge in [0.25, 0.3) is 5.91 Å². The molecular weight excluding hydrogens is 333 g/mol. The summed E-state index contributed by atoms with van der Waals surface area (Å²) < 4.78 is 40.5. The Kier molecular flexibility index (Phi) is 4.69. The highest BCUT2D eigenvalue weighted by Crippen LogP contribution is 2.29. The molecule has 1 aromatic carbocycles. The fourth-order valence-electron chi connectivity index (χ4n) is 2.95. The Labute approximate surface area is 143 Å². The van der Waals surface area contributed by atoms with Gasteiger partial charge in [-0.25, -0.2) is 4.98 Å². The summed E-state index contributed by atoms with van der Waals surface area (Å²) in [6.07, 6.45) is -0.819. The monoisotopic (exact) mass is 352 g/mol. The van der Waals surface area contributed by atoms with Gasteiger partial charge in [0, 0.05) is 50.7 Å². The van der Waals surface area contributed by atoms with Crippen molar-refractivity contribution in [1.29, 1.82) is 0 Å². The standard InChI is InChI=1S/C17H19F3N4O/c1-2-22-7-6-21-16(22)24-10-8-23(9-11-24)15(25)13-4-3-5-14(12-13)17(18,19)20/h3-7,12H,2,8-11H2,1H3. The molecule has 0 saturated carbocycles. The number of aromatic nitrogens is 2. The minimum absolute atomic E-state index is 0.0679. The van der Waals surface area contributed by atoms with Crippen molar-refractivity contribution in [2.75, 3.05) is 31.1 Å². The average Bonchev–Trinajstić information content (AvgIpc) is 3.09. The highest BCUT2D eigenvalue weighted by atomic mass is 19.4. The van der Waals surface area contributed by atoms with Crippen LogP contribution in [0.5, 0.6) is 0 Å². The smallest absolute Gasteiger partial charge is 0.339 e. The van der Waals surface area contributed by atoms with Gasteiger partial charge in [0.1, 0.15) is 0 Å². The first kappa shape index (κ1) is 17.3. The van der Waals surface area contributed by atoms with E-state index in [0.29, 0.717) is 26.2 Å². The lowest BCUT2D eigenvalue weighted by Gasteiger charge is -2.35. The molecule has 1 amide bonds. The van der Waals surface area contributed by atoms with Gasteiger partial charge in [-0.2, -0.15) is 13.2 Å². The number of anilines is 1. The van der Waals surface area contributed by atoms with Crippen LogP contribution in [0.1, 0.15) is 22.8 Å². The van der Waals surface area contributed by atoms with Crippen LogP contribution in [0.15, 0.2) is 36.7 Å². The Balaban J connectivity index is 1.68. The van der Waals surface area contributed by atoms with E-state index in [1.165, 1.54) is 12.1 Å². The van der Waals surface area contributed by atoms with E-state index in [0.717, 1.165) is 24.6 Å². The van der Waals surface area contributed by atoms with Crippen molar-refractivity contribution >= 4 is 11.9 Å². The van der Waals surface area contributed by atoms with Gasteiger partial charge in [0.2, 0.25) is 5.95 Å². The number of hydrogen-bond donors (Lipinski definition) is 0. The number of aryl methyl sites for hydroxylation is 1. The molecule has 0 bridgehead atoms. The van der Waals surface area contributed by atoms with Crippen LogP contribution in [-0.2, 0) is 12.7 Å². The van der Waals surface area contributed by atoms with Gasteiger partial charge in [-0.1, -0.05) is 6.07 Å². The summed E-state index contributed by atoms with van der Waals surface area (Å²) in [6.45, 7) is 4.93. The molecule has 0 spiro atoms. The average molecular weight is 352 g/mol. The normalized spacial score (nSPS) is 15.5. The van der Waals surface area contributed by atoms with Crippen molar-refractivity contribution in [1.82, 2.24) is 14.5 Å². The maximum absolute atomic E-state index is 12.8. The molecule has 134 valence electrons. The number of halogens is 3. The second-order valence-electron chi connectivity index (χ2n) is 5.87. The number of imidazole rings is 1. The second-order valence-corrected chi connectivity index (χ2v) is 5.87. The van der Waals surface area contributed by atoms with Gasteiger partial charge in [-0.15, -0.1) is 0 Å². The summed E-state index contributed by atoms with van der Waals surface area (Å²) in [4.78, 5) is 20.5. The van der Waals surface area contributed by atoms with Gasteiger partial charge in [-0.3, -0.25) is 4.79 Å². The number of carbonyl (C=O) groups excluding carboxylic acids is 1. The highest BCUT2D eigenvalue weighted by molar-refractivity contribution is 5.94. The number of benzene rings is 1. The van der Waals surface area contributed by atoms with Gasteiger partial charge in [-0.05, 0) is 25.1 Å². The molecule has 8 heteroatoms. The van der Waals surface area contributed by atoms with Crippen LogP contribution in [0.2, 0.25) is 0 Å². The summed E-state index contributed by atoms with van der Waals surface area (Å²) in [5, 5.41) is 0. The minimum atomic E-state index is -4.45. The van der Waals surface area contributed by atoms with E-state index in [2.05, 4.69) is 9.88 Å². The Bertz CT molecular complexity index is 748. The van der Waals surface area contributed by atoms with Crippen molar-refractivity contribution in [2.24, 2.45) is 0 Å². The first-order valence-corrected chi connectivity index (χ1v) is 8.12. The van der Waals surface area contributed by atoms with E-state index in [1.807, 2.05) is 17.7 Å². The third-order valence-electron chi connectivity index (χ3n) is 4.32. The molecule has 5 nitrogen and oxygen atoms in total. The summed E-state index contributed by atoms with van der Waals surface area (Å²) >= 11 is 0. The van der Waals surface area contributed by atoms with Gasteiger partial charge < -0.3 is 14.4 Å². The van der Waals surface area contributed by atoms with Crippen LogP contribution in [0.25, 0.3) is 0 Å². The highest BCUT2D eigenvalue weighted by Gasteiger charge is 2.32. The molecule has 0 aliphatic carbocycles. The zero-order valence-electron chi connectivity index (χ0n) is 13.8. The van der Waals surface area contributed by atoms with E-state index in [4.69, 9.17) is 0 Å². The van der Waals surface area contributed by atoms with E-state index < -0.39 is 11.7 Å². The molecule has 0 N–H and O–H groups in total. The van der Waals surface area contributed by atoms with Crippen LogP contribution in [-0.4, -0.2) is 46.5 Å². The molecule has 1 aliphatic heterocycles. The number of piperazine rings is 1. The second kappa shape index (κ2) is 6.78. The van der Waals surface area contributed by atoms with Crippen LogP contribution in [0.4, 0.5) is 19.1 Å². The molecule has 2 aromatic rings. The lowest BCUT2D eigenvalue weighted by atomic mass is 10.1. The summed E-state index contributed by atoms with van der Waals surface area (Å²) in [7, 11) is 0. The number of alkyl halides is 3. The van der Waals surface area contributed by atoms with Crippen molar-refractivity contribution in [3.8, 4) is 0 Å². The van der Waals surface area contributed by atoms with Crippen LogP contribution in [0, 0.1) is 0 Å². The number of hydrogen-bond acceptors (Lipinski definition) is 3. The Morgan fingerprint density at radius 2 is 1.92 bits per heavy atom. The summed E-state index contributed by atoms with van der Waals surface area (Å²) in [6, 6.07) is 4.58. The third kappa shape index (κ3) is 3.62. The van der Waals surface area contributed by atoms with Crippen molar-refractivity contribution < 1.29 is 18.0 Å². The van der Waals surface area contributed by atoms with Crippen LogP contribution >= 0.6 is 0 Å². The molecular formula is C17H19F3N4O. The topological polar surface area (TPSA) is 41.4 Å². The predicted octanol–water partition coefficient (Wildman–Crippen LogP) is 2.88. The van der Waals surface area contributed by atoms with Gasteiger partial charge in [0.15, 0.2) is 0 Å². The maximum Gasteiger partial charge on any atom is 0.416 e. The zero-order chi connectivity index (χ0) is 18.0. The number of rotatable bonds is 3. The molecule has 1 fully saturated rings. The van der Waals surface area contributed by atoms with Crippen molar-refractivity contribution in [3.05, 3.63) is 47.8 Å². The molecule has 0 atom stereocenters. The largest absolute Gasteiger partial charge is 0.416 e. The molecule has 1 aliphatic rings. The third-order valence-corrected chi connectivity index (χ3v) is 4.32. The molecule has 1 aromatic heterocycles. The molecule has 25 heavy (non-hydrogen) atoms. The SMILES string of the molecule is CCn1ccnc1N1CCN(C(=O)c2cccc(C(F)(F)F)c2)CC1. The van der Waals surface area contributed by atoms with Crippen LogP contribution < -0.4 is 4.90 Å². The molecule has 3 rings (SSSR count). The first-order chi connectivity index (χ1) is 11.9. The predicted molar refractivity (Wildman–Crippen MR) is 87.5 cm³/mol. The summed E-state index contributed by atoms with van der Waals surface area (Å²) in [5.41, 5.74) is -0.736. The van der Waals surface area contributed by atoms with Gasteiger partial charge >= 0.3 is 6.18 Å². The Hall–Kier alpha value is -2.51. The quantitative estimate of drug-likeness (QED) is 0.853. The number of carbonyl (C=O) groups is 1. The summed E-state index contributed by atoms with van der Waals surface area (Å²) in [5.74, 6) is 0.484. The molecule has 0 radical (unpaired) electrons. The van der Waals surface area contributed by atoms with Gasteiger partial charge in [0.05, 0.1) is 5.56 Å². The minimum Gasteiger partial charge on any atom is -0.339 e. The van der Waals surface area contributed by atoms with Crippen LogP contribution in [0.3, 0.4) is 0 Å². The maximum atomic E-state index is 12.8.